The second-order valence-electron chi connectivity index (χ2n) is 4.38. The Morgan fingerprint density at radius 3 is 2.67 bits per heavy atom. The van der Waals surface area contributed by atoms with Crippen LogP contribution < -0.4 is 0 Å². The van der Waals surface area contributed by atoms with E-state index in [0.29, 0.717) is 12.3 Å². The van der Waals surface area contributed by atoms with Gasteiger partial charge in [0.25, 0.3) is 0 Å². The van der Waals surface area contributed by atoms with Crippen molar-refractivity contribution in [1.82, 2.24) is 0 Å². The van der Waals surface area contributed by atoms with E-state index in [2.05, 4.69) is 15.9 Å². The number of sulfone groups is 1. The Bertz CT molecular complexity index is 442. The van der Waals surface area contributed by atoms with E-state index in [1.54, 1.807) is 7.11 Å². The molecular weight excluding hydrogens is 340 g/mol. The normalized spacial score (nSPS) is 24.4. The molecule has 3 nitrogen and oxygen atoms in total. The van der Waals surface area contributed by atoms with Crippen LogP contribution in [-0.2, 0) is 14.6 Å². The van der Waals surface area contributed by atoms with Crippen LogP contribution >= 0.6 is 27.5 Å². The summed E-state index contributed by atoms with van der Waals surface area (Å²) in [5.41, 5.74) is 0. The summed E-state index contributed by atoms with van der Waals surface area (Å²) in [5.74, 6) is 1.31. The van der Waals surface area contributed by atoms with Gasteiger partial charge in [0, 0.05) is 11.8 Å². The first-order valence-corrected chi connectivity index (χ1v) is 8.94. The zero-order valence-corrected chi connectivity index (χ0v) is 13.7. The molecule has 0 heterocycles. The predicted molar refractivity (Wildman–Crippen MR) is 78.7 cm³/mol. The molecule has 0 bridgehead atoms. The van der Waals surface area contributed by atoms with E-state index < -0.39 is 9.84 Å². The van der Waals surface area contributed by atoms with Crippen LogP contribution in [0.2, 0.25) is 0 Å². The molecule has 0 saturated heterocycles. The summed E-state index contributed by atoms with van der Waals surface area (Å²) in [6.07, 6.45) is 4.23. The quantitative estimate of drug-likeness (QED) is 0.686. The van der Waals surface area contributed by atoms with Crippen LogP contribution in [0.4, 0.5) is 0 Å². The van der Waals surface area contributed by atoms with Gasteiger partial charge in [-0.3, -0.25) is 0 Å². The second kappa shape index (κ2) is 6.96. The van der Waals surface area contributed by atoms with Crippen molar-refractivity contribution in [3.8, 4) is 0 Å². The Kier molecular flexibility index (Phi) is 6.21. The van der Waals surface area contributed by atoms with E-state index in [0.717, 1.165) is 10.2 Å². The molecule has 104 valence electrons. The van der Waals surface area contributed by atoms with E-state index in [1.165, 1.54) is 0 Å². The molecule has 2 unspecified atom stereocenters. The molecule has 1 aliphatic carbocycles. The lowest BCUT2D eigenvalue weighted by molar-refractivity contribution is 0.228. The standard InChI is InChI=1S/C12H18BrClO3S/c1-9-10(8-18(15,16)7-3-6-14)12(17-2)5-4-11(9)13/h4-5,9-10H,3,6-8H2,1-2H3. The van der Waals surface area contributed by atoms with E-state index in [1.807, 2.05) is 19.1 Å². The zero-order chi connectivity index (χ0) is 13.8. The summed E-state index contributed by atoms with van der Waals surface area (Å²) in [6.45, 7) is 1.99. The number of ether oxygens (including phenoxy) is 1. The number of halogens is 2. The largest absolute Gasteiger partial charge is 0.501 e. The van der Waals surface area contributed by atoms with Gasteiger partial charge in [-0.15, -0.1) is 11.6 Å². The monoisotopic (exact) mass is 356 g/mol. The highest BCUT2D eigenvalue weighted by atomic mass is 79.9. The molecule has 0 N–H and O–H groups in total. The fraction of sp³-hybridized carbons (Fsp3) is 0.667. The fourth-order valence-electron chi connectivity index (χ4n) is 1.95. The smallest absolute Gasteiger partial charge is 0.151 e. The first-order chi connectivity index (χ1) is 8.41. The fourth-order valence-corrected chi connectivity index (χ4v) is 4.45. The van der Waals surface area contributed by atoms with E-state index in [-0.39, 0.29) is 23.3 Å². The van der Waals surface area contributed by atoms with Crippen molar-refractivity contribution in [2.75, 3.05) is 24.5 Å². The number of methoxy groups -OCH3 is 1. The van der Waals surface area contributed by atoms with Crippen molar-refractivity contribution >= 4 is 37.4 Å². The predicted octanol–water partition coefficient (Wildman–Crippen LogP) is 3.11. The topological polar surface area (TPSA) is 43.4 Å². The molecule has 0 radical (unpaired) electrons. The van der Waals surface area contributed by atoms with Crippen LogP contribution in [0.1, 0.15) is 13.3 Å². The van der Waals surface area contributed by atoms with Crippen LogP contribution in [0.5, 0.6) is 0 Å². The van der Waals surface area contributed by atoms with Gasteiger partial charge >= 0.3 is 0 Å². The molecule has 0 spiro atoms. The first kappa shape index (κ1) is 16.1. The molecule has 1 aliphatic rings. The van der Waals surface area contributed by atoms with Crippen molar-refractivity contribution in [3.05, 3.63) is 22.4 Å². The Morgan fingerprint density at radius 2 is 2.11 bits per heavy atom. The van der Waals surface area contributed by atoms with Gasteiger partial charge in [-0.2, -0.15) is 0 Å². The van der Waals surface area contributed by atoms with Gasteiger partial charge in [0.2, 0.25) is 0 Å². The van der Waals surface area contributed by atoms with Crippen molar-refractivity contribution in [2.24, 2.45) is 11.8 Å². The van der Waals surface area contributed by atoms with Crippen molar-refractivity contribution in [2.45, 2.75) is 13.3 Å². The third-order valence-electron chi connectivity index (χ3n) is 3.07. The maximum atomic E-state index is 12.0. The van der Waals surface area contributed by atoms with Crippen LogP contribution in [0, 0.1) is 11.8 Å². The lowest BCUT2D eigenvalue weighted by Gasteiger charge is -2.28. The van der Waals surface area contributed by atoms with Crippen LogP contribution in [0.25, 0.3) is 0 Å². The molecule has 0 aromatic heterocycles. The number of hydrogen-bond acceptors (Lipinski definition) is 3. The molecule has 2 atom stereocenters. The second-order valence-corrected chi connectivity index (χ2v) is 7.90. The third-order valence-corrected chi connectivity index (χ3v) is 6.10. The summed E-state index contributed by atoms with van der Waals surface area (Å²) in [5, 5.41) is 0. The van der Waals surface area contributed by atoms with E-state index in [9.17, 15) is 8.42 Å². The Morgan fingerprint density at radius 1 is 1.44 bits per heavy atom. The SMILES string of the molecule is COC1=CC=C(Br)C(C)C1CS(=O)(=O)CCCCl. The lowest BCUT2D eigenvalue weighted by Crippen LogP contribution is -2.28. The maximum absolute atomic E-state index is 12.0. The number of allylic oxidation sites excluding steroid dienone is 4. The van der Waals surface area contributed by atoms with Gasteiger partial charge in [-0.05, 0) is 29.0 Å². The van der Waals surface area contributed by atoms with Crippen LogP contribution in [0.3, 0.4) is 0 Å². The molecule has 1 rings (SSSR count). The summed E-state index contributed by atoms with van der Waals surface area (Å²) in [7, 11) is -1.52. The first-order valence-electron chi connectivity index (χ1n) is 5.79. The summed E-state index contributed by atoms with van der Waals surface area (Å²) in [6, 6.07) is 0. The minimum atomic E-state index is -3.10. The number of hydrogen-bond donors (Lipinski definition) is 0. The lowest BCUT2D eigenvalue weighted by atomic mass is 9.90. The molecule has 0 saturated carbocycles. The van der Waals surface area contributed by atoms with Crippen molar-refractivity contribution in [3.63, 3.8) is 0 Å². The van der Waals surface area contributed by atoms with Crippen molar-refractivity contribution < 1.29 is 13.2 Å². The molecular formula is C12H18BrClO3S. The van der Waals surface area contributed by atoms with Crippen molar-refractivity contribution in [1.29, 1.82) is 0 Å². The zero-order valence-electron chi connectivity index (χ0n) is 10.5. The van der Waals surface area contributed by atoms with E-state index in [4.69, 9.17) is 16.3 Å². The average molecular weight is 358 g/mol. The molecule has 6 heteroatoms. The van der Waals surface area contributed by atoms with Gasteiger partial charge in [-0.25, -0.2) is 8.42 Å². The summed E-state index contributed by atoms with van der Waals surface area (Å²) < 4.78 is 30.3. The summed E-state index contributed by atoms with van der Waals surface area (Å²) >= 11 is 9.00. The molecule has 0 amide bonds. The molecule has 18 heavy (non-hydrogen) atoms. The van der Waals surface area contributed by atoms with E-state index >= 15 is 0 Å². The molecule has 0 aromatic rings. The molecule has 0 aliphatic heterocycles. The van der Waals surface area contributed by atoms with Gasteiger partial charge in [-0.1, -0.05) is 22.9 Å². The number of alkyl halides is 1. The minimum absolute atomic E-state index is 0.105. The molecule has 0 aromatic carbocycles. The Hall–Kier alpha value is -0.000000000000000167. The van der Waals surface area contributed by atoms with Gasteiger partial charge in [0.15, 0.2) is 9.84 Å². The Balaban J connectivity index is 2.82. The maximum Gasteiger partial charge on any atom is 0.151 e. The van der Waals surface area contributed by atoms with Crippen LogP contribution in [-0.4, -0.2) is 32.9 Å². The van der Waals surface area contributed by atoms with Gasteiger partial charge in [0.1, 0.15) is 5.76 Å². The highest BCUT2D eigenvalue weighted by Gasteiger charge is 2.31. The highest BCUT2D eigenvalue weighted by Crippen LogP contribution is 2.35. The minimum Gasteiger partial charge on any atom is -0.501 e. The number of rotatable bonds is 6. The molecule has 0 fully saturated rings. The Labute approximate surface area is 122 Å². The highest BCUT2D eigenvalue weighted by molar-refractivity contribution is 9.11. The van der Waals surface area contributed by atoms with Gasteiger partial charge in [0.05, 0.1) is 18.6 Å². The third kappa shape index (κ3) is 4.28. The van der Waals surface area contributed by atoms with Crippen LogP contribution in [0.15, 0.2) is 22.4 Å². The average Bonchev–Trinajstić information content (AvgIpc) is 2.33. The van der Waals surface area contributed by atoms with Gasteiger partial charge < -0.3 is 4.74 Å². The summed E-state index contributed by atoms with van der Waals surface area (Å²) in [4.78, 5) is 0.